The molecule has 0 saturated heterocycles. The molecule has 92 valence electrons. The Labute approximate surface area is 103 Å². The fourth-order valence-corrected chi connectivity index (χ4v) is 1.80. The van der Waals surface area contributed by atoms with Gasteiger partial charge >= 0.3 is 0 Å². The lowest BCUT2D eigenvalue weighted by Gasteiger charge is -2.06. The van der Waals surface area contributed by atoms with Gasteiger partial charge in [-0.15, -0.1) is 12.4 Å². The summed E-state index contributed by atoms with van der Waals surface area (Å²) in [5.41, 5.74) is 8.22. The Balaban J connectivity index is 0.00000225. The van der Waals surface area contributed by atoms with E-state index in [2.05, 4.69) is 16.8 Å². The maximum absolute atomic E-state index is 11.7. The van der Waals surface area contributed by atoms with Gasteiger partial charge < -0.3 is 15.6 Å². The van der Waals surface area contributed by atoms with E-state index < -0.39 is 0 Å². The number of halogens is 1. The van der Waals surface area contributed by atoms with Gasteiger partial charge in [-0.1, -0.05) is 0 Å². The van der Waals surface area contributed by atoms with E-state index in [4.69, 9.17) is 5.73 Å². The summed E-state index contributed by atoms with van der Waals surface area (Å²) in [5, 5.41) is 2.78. The number of aryl methyl sites for hydroxylation is 1. The van der Waals surface area contributed by atoms with Crippen LogP contribution in [0, 0.1) is 13.8 Å². The first-order valence-corrected chi connectivity index (χ1v) is 5.26. The van der Waals surface area contributed by atoms with Gasteiger partial charge in [-0.25, -0.2) is 0 Å². The molecule has 0 atom stereocenters. The van der Waals surface area contributed by atoms with Crippen LogP contribution in [0.1, 0.15) is 28.7 Å². The van der Waals surface area contributed by atoms with Crippen molar-refractivity contribution in [3.63, 3.8) is 0 Å². The molecular weight excluding hydrogens is 226 g/mol. The Morgan fingerprint density at radius 3 is 2.56 bits per heavy atom. The fourth-order valence-electron chi connectivity index (χ4n) is 1.80. The Hall–Kier alpha value is -1.00. The molecule has 4 nitrogen and oxygen atoms in total. The third-order valence-electron chi connectivity index (χ3n) is 2.56. The van der Waals surface area contributed by atoms with Crippen LogP contribution in [0.15, 0.2) is 6.07 Å². The molecule has 0 fully saturated rings. The van der Waals surface area contributed by atoms with Gasteiger partial charge in [-0.05, 0) is 26.8 Å². The third kappa shape index (κ3) is 3.00. The average Bonchev–Trinajstić information content (AvgIpc) is 2.50. The lowest BCUT2D eigenvalue weighted by atomic mass is 10.2. The molecule has 0 spiro atoms. The SMILES string of the molecule is CCn1c(C)cc(C(=O)NCCN)c1C.Cl. The third-order valence-corrected chi connectivity index (χ3v) is 2.56. The van der Waals surface area contributed by atoms with Crippen LogP contribution >= 0.6 is 12.4 Å². The maximum Gasteiger partial charge on any atom is 0.253 e. The molecule has 1 amide bonds. The lowest BCUT2D eigenvalue weighted by molar-refractivity contribution is 0.0954. The van der Waals surface area contributed by atoms with E-state index >= 15 is 0 Å². The summed E-state index contributed by atoms with van der Waals surface area (Å²) in [6.07, 6.45) is 0. The van der Waals surface area contributed by atoms with Gasteiger partial charge in [0.1, 0.15) is 0 Å². The summed E-state index contributed by atoms with van der Waals surface area (Å²) in [7, 11) is 0. The average molecular weight is 246 g/mol. The highest BCUT2D eigenvalue weighted by Crippen LogP contribution is 2.14. The molecule has 1 aromatic rings. The van der Waals surface area contributed by atoms with Crippen LogP contribution in [0.4, 0.5) is 0 Å². The standard InChI is InChI=1S/C11H19N3O.ClH/c1-4-14-8(2)7-10(9(14)3)11(15)13-6-5-12;/h7H,4-6,12H2,1-3H3,(H,13,15);1H. The Morgan fingerprint density at radius 1 is 1.50 bits per heavy atom. The Morgan fingerprint density at radius 2 is 2.12 bits per heavy atom. The Bertz CT molecular complexity index is 360. The zero-order valence-corrected chi connectivity index (χ0v) is 10.9. The van der Waals surface area contributed by atoms with Crippen molar-refractivity contribution in [1.82, 2.24) is 9.88 Å². The minimum atomic E-state index is -0.0340. The number of carbonyl (C=O) groups excluding carboxylic acids is 1. The first-order valence-electron chi connectivity index (χ1n) is 5.26. The van der Waals surface area contributed by atoms with Gasteiger partial charge in [0.2, 0.25) is 0 Å². The molecule has 0 aromatic carbocycles. The first-order chi connectivity index (χ1) is 7.11. The van der Waals surface area contributed by atoms with Gasteiger partial charge in [0, 0.05) is 31.0 Å². The van der Waals surface area contributed by atoms with Crippen molar-refractivity contribution in [3.05, 3.63) is 23.0 Å². The zero-order chi connectivity index (χ0) is 11.4. The summed E-state index contributed by atoms with van der Waals surface area (Å²) < 4.78 is 2.12. The number of carbonyl (C=O) groups is 1. The van der Waals surface area contributed by atoms with Crippen molar-refractivity contribution in [2.45, 2.75) is 27.3 Å². The van der Waals surface area contributed by atoms with Crippen LogP contribution in [0.2, 0.25) is 0 Å². The highest BCUT2D eigenvalue weighted by Gasteiger charge is 2.13. The van der Waals surface area contributed by atoms with E-state index in [1.807, 2.05) is 19.9 Å². The highest BCUT2D eigenvalue weighted by molar-refractivity contribution is 5.95. The molecule has 0 unspecified atom stereocenters. The second-order valence-corrected chi connectivity index (χ2v) is 3.57. The molecule has 1 rings (SSSR count). The van der Waals surface area contributed by atoms with Crippen LogP contribution < -0.4 is 11.1 Å². The second kappa shape index (κ2) is 6.55. The number of amides is 1. The largest absolute Gasteiger partial charge is 0.351 e. The molecule has 1 heterocycles. The number of aromatic nitrogens is 1. The van der Waals surface area contributed by atoms with Crippen molar-refractivity contribution in [2.75, 3.05) is 13.1 Å². The lowest BCUT2D eigenvalue weighted by Crippen LogP contribution is -2.29. The van der Waals surface area contributed by atoms with Gasteiger partial charge in [0.25, 0.3) is 5.91 Å². The highest BCUT2D eigenvalue weighted by atomic mass is 35.5. The summed E-state index contributed by atoms with van der Waals surface area (Å²) in [6, 6.07) is 1.92. The molecule has 3 N–H and O–H groups in total. The van der Waals surface area contributed by atoms with Gasteiger partial charge in [0.15, 0.2) is 0 Å². The van der Waals surface area contributed by atoms with Crippen LogP contribution in [0.3, 0.4) is 0 Å². The summed E-state index contributed by atoms with van der Waals surface area (Å²) in [4.78, 5) is 11.7. The van der Waals surface area contributed by atoms with Crippen molar-refractivity contribution in [1.29, 1.82) is 0 Å². The van der Waals surface area contributed by atoms with Crippen LogP contribution in [0.5, 0.6) is 0 Å². The molecule has 0 radical (unpaired) electrons. The molecule has 0 aliphatic rings. The first kappa shape index (κ1) is 15.0. The molecular formula is C11H20ClN3O. The van der Waals surface area contributed by atoms with Crippen LogP contribution in [0.25, 0.3) is 0 Å². The van der Waals surface area contributed by atoms with Crippen molar-refractivity contribution in [2.24, 2.45) is 5.73 Å². The summed E-state index contributed by atoms with van der Waals surface area (Å²) >= 11 is 0. The number of nitrogens with two attached hydrogens (primary N) is 1. The van der Waals surface area contributed by atoms with Crippen LogP contribution in [-0.2, 0) is 6.54 Å². The molecule has 0 bridgehead atoms. The van der Waals surface area contributed by atoms with E-state index in [1.165, 1.54) is 0 Å². The summed E-state index contributed by atoms with van der Waals surface area (Å²) in [6.45, 7) is 7.93. The smallest absolute Gasteiger partial charge is 0.253 e. The zero-order valence-electron chi connectivity index (χ0n) is 10.0. The predicted octanol–water partition coefficient (Wildman–Crippen LogP) is 1.24. The normalized spacial score (nSPS) is 9.75. The second-order valence-electron chi connectivity index (χ2n) is 3.57. The van der Waals surface area contributed by atoms with Crippen molar-refractivity contribution < 1.29 is 4.79 Å². The van der Waals surface area contributed by atoms with E-state index in [9.17, 15) is 4.79 Å². The predicted molar refractivity (Wildman–Crippen MR) is 68.2 cm³/mol. The minimum absolute atomic E-state index is 0. The number of nitrogens with one attached hydrogen (secondary N) is 1. The van der Waals surface area contributed by atoms with E-state index in [0.717, 1.165) is 23.5 Å². The quantitative estimate of drug-likeness (QED) is 0.839. The van der Waals surface area contributed by atoms with Crippen LogP contribution in [-0.4, -0.2) is 23.6 Å². The van der Waals surface area contributed by atoms with Gasteiger partial charge in [0.05, 0.1) is 5.56 Å². The number of hydrogen-bond donors (Lipinski definition) is 2. The van der Waals surface area contributed by atoms with Gasteiger partial charge in [-0.2, -0.15) is 0 Å². The van der Waals surface area contributed by atoms with Crippen molar-refractivity contribution >= 4 is 18.3 Å². The maximum atomic E-state index is 11.7. The van der Waals surface area contributed by atoms with E-state index in [-0.39, 0.29) is 18.3 Å². The van der Waals surface area contributed by atoms with Crippen molar-refractivity contribution in [3.8, 4) is 0 Å². The topological polar surface area (TPSA) is 60.0 Å². The minimum Gasteiger partial charge on any atom is -0.351 e. The van der Waals surface area contributed by atoms with Gasteiger partial charge in [-0.3, -0.25) is 4.79 Å². The fraction of sp³-hybridized carbons (Fsp3) is 0.545. The van der Waals surface area contributed by atoms with E-state index in [1.54, 1.807) is 0 Å². The molecule has 1 aromatic heterocycles. The Kier molecular flexibility index (Phi) is 6.14. The number of nitrogens with zero attached hydrogens (tertiary/aromatic N) is 1. The molecule has 0 aliphatic heterocycles. The molecule has 16 heavy (non-hydrogen) atoms. The monoisotopic (exact) mass is 245 g/mol. The molecule has 5 heteroatoms. The summed E-state index contributed by atoms with van der Waals surface area (Å²) in [5.74, 6) is -0.0340. The number of rotatable bonds is 4. The van der Waals surface area contributed by atoms with E-state index in [0.29, 0.717) is 13.1 Å². The molecule has 0 saturated carbocycles. The number of hydrogen-bond acceptors (Lipinski definition) is 2. The molecule has 0 aliphatic carbocycles.